The highest BCUT2D eigenvalue weighted by molar-refractivity contribution is 5.90. The average Bonchev–Trinajstić information content (AvgIpc) is 2.67. The van der Waals surface area contributed by atoms with E-state index >= 15 is 0 Å². The van der Waals surface area contributed by atoms with Crippen LogP contribution in [0.3, 0.4) is 0 Å². The number of rotatable bonds is 10. The standard InChI is InChI=1S/C20H26N4O4/c1-15-13-16(7-9-18(15)23(2)3)20(25)28-12-6-4-5-11-21-19-10-8-17(14-22-19)24(26)27/h7-10,13-14H,4-6,11-12H2,1-3H3,(H,21,22). The van der Waals surface area contributed by atoms with Gasteiger partial charge in [-0.2, -0.15) is 0 Å². The van der Waals surface area contributed by atoms with E-state index in [1.807, 2.05) is 38.1 Å². The summed E-state index contributed by atoms with van der Waals surface area (Å²) in [5.41, 5.74) is 2.64. The third kappa shape index (κ3) is 6.22. The lowest BCUT2D eigenvalue weighted by atomic mass is 10.1. The molecule has 0 amide bonds. The number of carbonyl (C=O) groups is 1. The molecule has 0 spiro atoms. The van der Waals surface area contributed by atoms with Gasteiger partial charge in [0.1, 0.15) is 12.0 Å². The topological polar surface area (TPSA) is 97.6 Å². The van der Waals surface area contributed by atoms with E-state index in [4.69, 9.17) is 4.74 Å². The lowest BCUT2D eigenvalue weighted by molar-refractivity contribution is -0.385. The van der Waals surface area contributed by atoms with Gasteiger partial charge in [-0.3, -0.25) is 10.1 Å². The van der Waals surface area contributed by atoms with Gasteiger partial charge in [0.05, 0.1) is 17.1 Å². The fourth-order valence-corrected chi connectivity index (χ4v) is 2.75. The lowest BCUT2D eigenvalue weighted by Gasteiger charge is -2.16. The minimum Gasteiger partial charge on any atom is -0.462 e. The van der Waals surface area contributed by atoms with E-state index in [0.717, 1.165) is 30.5 Å². The first-order valence-corrected chi connectivity index (χ1v) is 9.18. The number of aromatic nitrogens is 1. The molecule has 0 saturated carbocycles. The van der Waals surface area contributed by atoms with Crippen LogP contribution in [0.25, 0.3) is 0 Å². The summed E-state index contributed by atoms with van der Waals surface area (Å²) in [6.07, 6.45) is 3.78. The number of anilines is 2. The van der Waals surface area contributed by atoms with Gasteiger partial charge in [0.2, 0.25) is 0 Å². The molecule has 8 heteroatoms. The Balaban J connectivity index is 1.63. The summed E-state index contributed by atoms with van der Waals surface area (Å²) in [6.45, 7) is 3.05. The number of ether oxygens (including phenoxy) is 1. The maximum Gasteiger partial charge on any atom is 0.338 e. The monoisotopic (exact) mass is 386 g/mol. The molecular formula is C20H26N4O4. The van der Waals surface area contributed by atoms with Crippen molar-refractivity contribution in [1.82, 2.24) is 4.98 Å². The number of benzene rings is 1. The Labute approximate surface area is 164 Å². The molecule has 2 aromatic rings. The van der Waals surface area contributed by atoms with E-state index in [0.29, 0.717) is 24.5 Å². The van der Waals surface area contributed by atoms with Crippen LogP contribution in [0.5, 0.6) is 0 Å². The molecule has 0 saturated heterocycles. The quantitative estimate of drug-likeness (QED) is 0.287. The van der Waals surface area contributed by atoms with Gasteiger partial charge in [-0.1, -0.05) is 0 Å². The third-order valence-electron chi connectivity index (χ3n) is 4.23. The minimum absolute atomic E-state index is 0.0288. The van der Waals surface area contributed by atoms with Crippen LogP contribution in [0, 0.1) is 17.0 Å². The summed E-state index contributed by atoms with van der Waals surface area (Å²) in [5, 5.41) is 13.7. The van der Waals surface area contributed by atoms with Gasteiger partial charge in [-0.25, -0.2) is 9.78 Å². The van der Waals surface area contributed by atoms with Gasteiger partial charge in [-0.05, 0) is 56.0 Å². The molecule has 1 N–H and O–H groups in total. The van der Waals surface area contributed by atoms with Crippen molar-refractivity contribution in [2.45, 2.75) is 26.2 Å². The van der Waals surface area contributed by atoms with Gasteiger partial charge in [0.25, 0.3) is 5.69 Å². The largest absolute Gasteiger partial charge is 0.462 e. The van der Waals surface area contributed by atoms with E-state index in [1.54, 1.807) is 12.1 Å². The maximum atomic E-state index is 12.1. The zero-order valence-electron chi connectivity index (χ0n) is 16.5. The van der Waals surface area contributed by atoms with Crippen LogP contribution < -0.4 is 10.2 Å². The zero-order chi connectivity index (χ0) is 20.5. The Morgan fingerprint density at radius 1 is 1.21 bits per heavy atom. The molecule has 0 radical (unpaired) electrons. The van der Waals surface area contributed by atoms with E-state index in [9.17, 15) is 14.9 Å². The number of esters is 1. The Morgan fingerprint density at radius 2 is 2.00 bits per heavy atom. The number of nitrogens with one attached hydrogen (secondary N) is 1. The first kappa shape index (κ1) is 21.1. The smallest absolute Gasteiger partial charge is 0.338 e. The Hall–Kier alpha value is -3.16. The number of nitro groups is 1. The van der Waals surface area contributed by atoms with Crippen molar-refractivity contribution in [1.29, 1.82) is 0 Å². The molecule has 0 fully saturated rings. The normalized spacial score (nSPS) is 10.4. The fourth-order valence-electron chi connectivity index (χ4n) is 2.75. The second-order valence-electron chi connectivity index (χ2n) is 6.68. The number of pyridine rings is 1. The number of unbranched alkanes of at least 4 members (excludes halogenated alkanes) is 2. The molecule has 1 heterocycles. The number of carbonyl (C=O) groups excluding carboxylic acids is 1. The number of nitrogens with zero attached hydrogens (tertiary/aromatic N) is 3. The Bertz CT molecular complexity index is 806. The van der Waals surface area contributed by atoms with Crippen LogP contribution >= 0.6 is 0 Å². The molecule has 0 aliphatic carbocycles. The van der Waals surface area contributed by atoms with Crippen molar-refractivity contribution in [2.75, 3.05) is 37.5 Å². The van der Waals surface area contributed by atoms with Crippen molar-refractivity contribution < 1.29 is 14.5 Å². The highest BCUT2D eigenvalue weighted by atomic mass is 16.6. The SMILES string of the molecule is Cc1cc(C(=O)OCCCCCNc2ccc([N+](=O)[O-])cn2)ccc1N(C)C. The van der Waals surface area contributed by atoms with E-state index in [-0.39, 0.29) is 11.7 Å². The third-order valence-corrected chi connectivity index (χ3v) is 4.23. The molecule has 1 aromatic carbocycles. The predicted octanol–water partition coefficient (Wildman–Crippen LogP) is 3.80. The van der Waals surface area contributed by atoms with Crippen LogP contribution in [0.1, 0.15) is 35.2 Å². The lowest BCUT2D eigenvalue weighted by Crippen LogP contribution is -2.12. The molecule has 150 valence electrons. The Morgan fingerprint density at radius 3 is 2.61 bits per heavy atom. The number of hydrogen-bond donors (Lipinski definition) is 1. The van der Waals surface area contributed by atoms with Gasteiger partial charge in [0.15, 0.2) is 0 Å². The molecule has 0 aliphatic heterocycles. The predicted molar refractivity (Wildman–Crippen MR) is 109 cm³/mol. The van der Waals surface area contributed by atoms with Gasteiger partial charge < -0.3 is 15.0 Å². The molecule has 0 bridgehead atoms. The fraction of sp³-hybridized carbons (Fsp3) is 0.400. The average molecular weight is 386 g/mol. The second-order valence-corrected chi connectivity index (χ2v) is 6.68. The summed E-state index contributed by atoms with van der Waals surface area (Å²) >= 11 is 0. The van der Waals surface area contributed by atoms with Crippen LogP contribution in [-0.2, 0) is 4.74 Å². The summed E-state index contributed by atoms with van der Waals surface area (Å²) in [7, 11) is 3.93. The summed E-state index contributed by atoms with van der Waals surface area (Å²) in [6, 6.07) is 8.56. The molecule has 0 aliphatic rings. The number of hydrogen-bond acceptors (Lipinski definition) is 7. The zero-order valence-corrected chi connectivity index (χ0v) is 16.5. The van der Waals surface area contributed by atoms with Gasteiger partial charge >= 0.3 is 5.97 Å². The summed E-state index contributed by atoms with van der Waals surface area (Å²) in [5.74, 6) is 0.301. The molecular weight excluding hydrogens is 360 g/mol. The van der Waals surface area contributed by atoms with Crippen LogP contribution in [0.15, 0.2) is 36.5 Å². The van der Waals surface area contributed by atoms with Gasteiger partial charge in [0, 0.05) is 32.4 Å². The molecule has 8 nitrogen and oxygen atoms in total. The van der Waals surface area contributed by atoms with Crippen LogP contribution in [-0.4, -0.2) is 43.1 Å². The van der Waals surface area contributed by atoms with Gasteiger partial charge in [-0.15, -0.1) is 0 Å². The molecule has 0 unspecified atom stereocenters. The van der Waals surface area contributed by atoms with E-state index in [2.05, 4.69) is 10.3 Å². The van der Waals surface area contributed by atoms with Crippen molar-refractivity contribution in [3.63, 3.8) is 0 Å². The molecule has 1 aromatic heterocycles. The molecule has 28 heavy (non-hydrogen) atoms. The summed E-state index contributed by atoms with van der Waals surface area (Å²) in [4.78, 5) is 28.2. The second kappa shape index (κ2) is 10.2. The maximum absolute atomic E-state index is 12.1. The first-order valence-electron chi connectivity index (χ1n) is 9.18. The molecule has 0 atom stereocenters. The van der Waals surface area contributed by atoms with Crippen molar-refractivity contribution >= 4 is 23.2 Å². The molecule has 2 rings (SSSR count). The van der Waals surface area contributed by atoms with E-state index < -0.39 is 4.92 Å². The Kier molecular flexibility index (Phi) is 7.74. The van der Waals surface area contributed by atoms with E-state index in [1.165, 1.54) is 12.3 Å². The highest BCUT2D eigenvalue weighted by Gasteiger charge is 2.10. The number of aryl methyl sites for hydroxylation is 1. The minimum atomic E-state index is -0.476. The van der Waals surface area contributed by atoms with Crippen molar-refractivity contribution in [3.8, 4) is 0 Å². The summed E-state index contributed by atoms with van der Waals surface area (Å²) < 4.78 is 5.33. The first-order chi connectivity index (χ1) is 13.4. The van der Waals surface area contributed by atoms with Crippen molar-refractivity contribution in [2.24, 2.45) is 0 Å². The van der Waals surface area contributed by atoms with Crippen LogP contribution in [0.4, 0.5) is 17.2 Å². The van der Waals surface area contributed by atoms with Crippen LogP contribution in [0.2, 0.25) is 0 Å². The van der Waals surface area contributed by atoms with Crippen molar-refractivity contribution in [3.05, 3.63) is 57.8 Å². The highest BCUT2D eigenvalue weighted by Crippen LogP contribution is 2.19.